The first-order valence-corrected chi connectivity index (χ1v) is 4.56. The Morgan fingerprint density at radius 2 is 2.19 bits per heavy atom. The summed E-state index contributed by atoms with van der Waals surface area (Å²) in [5, 5.41) is 8.12. The fourth-order valence-electron chi connectivity index (χ4n) is 1.03. The van der Waals surface area contributed by atoms with E-state index in [2.05, 4.69) is 15.5 Å². The summed E-state index contributed by atoms with van der Waals surface area (Å²) in [7, 11) is 2.96. The van der Waals surface area contributed by atoms with E-state index in [1.54, 1.807) is 0 Å². The molecule has 0 bridgehead atoms. The van der Waals surface area contributed by atoms with Gasteiger partial charge in [-0.25, -0.2) is 5.10 Å². The van der Waals surface area contributed by atoms with Crippen LogP contribution in [0.15, 0.2) is 16.9 Å². The summed E-state index contributed by atoms with van der Waals surface area (Å²) in [6.07, 6.45) is 0. The standard InChI is InChI=1S/C9H12N4O3/c1-10-8(15)5-13(2)9(16)6-3-4-7(14)12-11-6/h3-4H,5H2,1-2H3,(H,10,15)(H,12,14). The number of hydrogen-bond donors (Lipinski definition) is 2. The number of hydrogen-bond acceptors (Lipinski definition) is 4. The highest BCUT2D eigenvalue weighted by Gasteiger charge is 2.15. The van der Waals surface area contributed by atoms with E-state index >= 15 is 0 Å². The van der Waals surface area contributed by atoms with Crippen LogP contribution in [0.4, 0.5) is 0 Å². The van der Waals surface area contributed by atoms with Gasteiger partial charge in [0.05, 0.1) is 6.54 Å². The average molecular weight is 224 g/mol. The zero-order valence-electron chi connectivity index (χ0n) is 8.98. The third-order valence-corrected chi connectivity index (χ3v) is 1.90. The fraction of sp³-hybridized carbons (Fsp3) is 0.333. The predicted octanol–water partition coefficient (Wildman–Crippen LogP) is -1.41. The fourth-order valence-corrected chi connectivity index (χ4v) is 1.03. The van der Waals surface area contributed by atoms with Crippen LogP contribution in [0.5, 0.6) is 0 Å². The summed E-state index contributed by atoms with van der Waals surface area (Å²) >= 11 is 0. The molecule has 16 heavy (non-hydrogen) atoms. The lowest BCUT2D eigenvalue weighted by molar-refractivity contribution is -0.121. The largest absolute Gasteiger partial charge is 0.358 e. The molecule has 0 unspecified atom stereocenters. The first-order chi connectivity index (χ1) is 7.54. The molecular weight excluding hydrogens is 212 g/mol. The second-order valence-electron chi connectivity index (χ2n) is 3.14. The molecule has 0 aliphatic carbocycles. The van der Waals surface area contributed by atoms with Crippen LogP contribution in [0.1, 0.15) is 10.5 Å². The van der Waals surface area contributed by atoms with Crippen molar-refractivity contribution in [3.05, 3.63) is 28.2 Å². The molecule has 0 aliphatic rings. The molecule has 86 valence electrons. The third kappa shape index (κ3) is 2.91. The molecule has 0 aliphatic heterocycles. The number of H-pyrrole nitrogens is 1. The molecule has 0 fully saturated rings. The van der Waals surface area contributed by atoms with E-state index < -0.39 is 5.91 Å². The van der Waals surface area contributed by atoms with Crippen molar-refractivity contribution >= 4 is 11.8 Å². The second kappa shape index (κ2) is 5.06. The normalized spacial score (nSPS) is 9.62. The summed E-state index contributed by atoms with van der Waals surface area (Å²) in [6, 6.07) is 2.51. The zero-order valence-corrected chi connectivity index (χ0v) is 8.98. The molecule has 1 aromatic heterocycles. The minimum atomic E-state index is -0.431. The van der Waals surface area contributed by atoms with Crippen LogP contribution in [0.3, 0.4) is 0 Å². The number of aromatic nitrogens is 2. The maximum atomic E-state index is 11.7. The summed E-state index contributed by atoms with van der Waals surface area (Å²) in [5.41, 5.74) is -0.295. The SMILES string of the molecule is CNC(=O)CN(C)C(=O)c1ccc(=O)[nH]n1. The summed E-state index contributed by atoms with van der Waals surface area (Å²) in [6.45, 7) is -0.0594. The maximum Gasteiger partial charge on any atom is 0.274 e. The van der Waals surface area contributed by atoms with Gasteiger partial charge in [0.2, 0.25) is 5.91 Å². The van der Waals surface area contributed by atoms with E-state index in [4.69, 9.17) is 0 Å². The van der Waals surface area contributed by atoms with Gasteiger partial charge in [-0.3, -0.25) is 14.4 Å². The van der Waals surface area contributed by atoms with Gasteiger partial charge in [0.15, 0.2) is 0 Å². The van der Waals surface area contributed by atoms with Crippen molar-refractivity contribution in [2.24, 2.45) is 0 Å². The van der Waals surface area contributed by atoms with Crippen LogP contribution in [0.25, 0.3) is 0 Å². The Balaban J connectivity index is 2.74. The van der Waals surface area contributed by atoms with Gasteiger partial charge in [0, 0.05) is 20.2 Å². The Hall–Kier alpha value is -2.18. The molecule has 1 heterocycles. The van der Waals surface area contributed by atoms with Crippen molar-refractivity contribution < 1.29 is 9.59 Å². The van der Waals surface area contributed by atoms with Gasteiger partial charge in [0.25, 0.3) is 11.5 Å². The van der Waals surface area contributed by atoms with Crippen LogP contribution < -0.4 is 10.9 Å². The summed E-state index contributed by atoms with van der Waals surface area (Å²) in [4.78, 5) is 34.6. The van der Waals surface area contributed by atoms with Gasteiger partial charge in [-0.15, -0.1) is 0 Å². The number of carbonyl (C=O) groups excluding carboxylic acids is 2. The van der Waals surface area contributed by atoms with Gasteiger partial charge >= 0.3 is 0 Å². The number of aromatic amines is 1. The molecule has 0 spiro atoms. The van der Waals surface area contributed by atoms with E-state index in [0.717, 1.165) is 0 Å². The topological polar surface area (TPSA) is 95.2 Å². The number of rotatable bonds is 3. The monoisotopic (exact) mass is 224 g/mol. The minimum Gasteiger partial charge on any atom is -0.358 e. The Morgan fingerprint density at radius 3 is 2.69 bits per heavy atom. The van der Waals surface area contributed by atoms with Crippen LogP contribution in [-0.2, 0) is 4.79 Å². The summed E-state index contributed by atoms with van der Waals surface area (Å²) < 4.78 is 0. The Kier molecular flexibility index (Phi) is 3.76. The molecule has 0 aromatic carbocycles. The first kappa shape index (κ1) is 11.9. The van der Waals surface area contributed by atoms with Crippen LogP contribution in [0.2, 0.25) is 0 Å². The van der Waals surface area contributed by atoms with E-state index in [1.165, 1.54) is 31.1 Å². The Bertz CT molecular complexity index is 434. The van der Waals surface area contributed by atoms with Crippen molar-refractivity contribution in [3.63, 3.8) is 0 Å². The number of amides is 2. The Morgan fingerprint density at radius 1 is 1.50 bits per heavy atom. The number of nitrogens with one attached hydrogen (secondary N) is 2. The van der Waals surface area contributed by atoms with Crippen molar-refractivity contribution in [1.82, 2.24) is 20.4 Å². The molecule has 0 saturated carbocycles. The van der Waals surface area contributed by atoms with Crippen LogP contribution in [-0.4, -0.2) is 47.6 Å². The number of likely N-dealkylation sites (N-methyl/N-ethyl adjacent to an activating group) is 2. The molecule has 7 heteroatoms. The van der Waals surface area contributed by atoms with E-state index in [-0.39, 0.29) is 23.7 Å². The number of carbonyl (C=O) groups is 2. The van der Waals surface area contributed by atoms with Crippen LogP contribution in [0, 0.1) is 0 Å². The van der Waals surface area contributed by atoms with E-state index in [1.807, 2.05) is 0 Å². The molecular formula is C9H12N4O3. The highest BCUT2D eigenvalue weighted by Crippen LogP contribution is 1.95. The third-order valence-electron chi connectivity index (χ3n) is 1.90. The number of nitrogens with zero attached hydrogens (tertiary/aromatic N) is 2. The van der Waals surface area contributed by atoms with Gasteiger partial charge in [-0.05, 0) is 6.07 Å². The molecule has 1 aromatic rings. The van der Waals surface area contributed by atoms with Gasteiger partial charge in [0.1, 0.15) is 5.69 Å². The smallest absolute Gasteiger partial charge is 0.274 e. The lowest BCUT2D eigenvalue weighted by Gasteiger charge is -2.14. The van der Waals surface area contributed by atoms with Gasteiger partial charge < -0.3 is 10.2 Å². The second-order valence-corrected chi connectivity index (χ2v) is 3.14. The minimum absolute atomic E-state index is 0.0594. The molecule has 7 nitrogen and oxygen atoms in total. The first-order valence-electron chi connectivity index (χ1n) is 4.56. The van der Waals surface area contributed by atoms with Crippen molar-refractivity contribution in [2.75, 3.05) is 20.6 Å². The van der Waals surface area contributed by atoms with Gasteiger partial charge in [-0.1, -0.05) is 0 Å². The highest BCUT2D eigenvalue weighted by atomic mass is 16.2. The lowest BCUT2D eigenvalue weighted by atomic mass is 10.3. The highest BCUT2D eigenvalue weighted by molar-refractivity contribution is 5.94. The summed E-state index contributed by atoms with van der Waals surface area (Å²) in [5.74, 6) is -0.708. The van der Waals surface area contributed by atoms with Crippen molar-refractivity contribution in [2.45, 2.75) is 0 Å². The molecule has 0 saturated heterocycles. The molecule has 1 rings (SSSR count). The average Bonchev–Trinajstić information content (AvgIpc) is 2.28. The predicted molar refractivity (Wildman–Crippen MR) is 55.9 cm³/mol. The molecule has 2 N–H and O–H groups in total. The Labute approximate surface area is 91.5 Å². The van der Waals surface area contributed by atoms with E-state index in [9.17, 15) is 14.4 Å². The maximum absolute atomic E-state index is 11.7. The molecule has 2 amide bonds. The van der Waals surface area contributed by atoms with Crippen molar-refractivity contribution in [1.29, 1.82) is 0 Å². The van der Waals surface area contributed by atoms with Crippen molar-refractivity contribution in [3.8, 4) is 0 Å². The van der Waals surface area contributed by atoms with Gasteiger partial charge in [-0.2, -0.15) is 5.10 Å². The zero-order chi connectivity index (χ0) is 12.1. The van der Waals surface area contributed by atoms with Crippen LogP contribution >= 0.6 is 0 Å². The lowest BCUT2D eigenvalue weighted by Crippen LogP contribution is -2.37. The molecule has 0 radical (unpaired) electrons. The van der Waals surface area contributed by atoms with E-state index in [0.29, 0.717) is 0 Å². The quantitative estimate of drug-likeness (QED) is 0.659. The molecule has 0 atom stereocenters.